The van der Waals surface area contributed by atoms with E-state index in [-0.39, 0.29) is 23.1 Å². The van der Waals surface area contributed by atoms with E-state index < -0.39 is 22.0 Å². The van der Waals surface area contributed by atoms with Gasteiger partial charge in [-0.05, 0) is 25.0 Å². The van der Waals surface area contributed by atoms with Gasteiger partial charge in [-0.2, -0.15) is 0 Å². The van der Waals surface area contributed by atoms with E-state index in [9.17, 15) is 13.2 Å². The average molecular weight is 288 g/mol. The molecule has 106 valence electrons. The third kappa shape index (κ3) is 3.98. The number of hydrogen-bond acceptors (Lipinski definition) is 5. The first kappa shape index (κ1) is 15.5. The Morgan fingerprint density at radius 1 is 1.42 bits per heavy atom. The Balaban J connectivity index is 2.91. The second-order valence-electron chi connectivity index (χ2n) is 4.26. The van der Waals surface area contributed by atoms with Crippen molar-refractivity contribution in [2.75, 3.05) is 6.61 Å². The van der Waals surface area contributed by atoms with Gasteiger partial charge in [0.1, 0.15) is 0 Å². The van der Waals surface area contributed by atoms with Crippen LogP contribution in [0.25, 0.3) is 0 Å². The topological polar surface area (TPSA) is 117 Å². The minimum absolute atomic E-state index is 0.0873. The molecule has 0 amide bonds. The molecule has 0 aliphatic rings. The van der Waals surface area contributed by atoms with Gasteiger partial charge in [0.05, 0.1) is 5.56 Å². The maximum absolute atomic E-state index is 11.9. The summed E-state index contributed by atoms with van der Waals surface area (Å²) in [5.74, 6) is -1.42. The maximum atomic E-state index is 11.9. The van der Waals surface area contributed by atoms with E-state index >= 15 is 0 Å². The van der Waals surface area contributed by atoms with Gasteiger partial charge in [-0.15, -0.1) is 0 Å². The summed E-state index contributed by atoms with van der Waals surface area (Å²) in [6.07, 6.45) is 0.983. The summed E-state index contributed by atoms with van der Waals surface area (Å²) >= 11 is 0. The fourth-order valence-corrected chi connectivity index (χ4v) is 2.53. The molecule has 0 saturated carbocycles. The molecule has 0 aliphatic carbocycles. The second-order valence-corrected chi connectivity index (χ2v) is 5.92. The molecule has 19 heavy (non-hydrogen) atoms. The summed E-state index contributed by atoms with van der Waals surface area (Å²) in [5, 5.41) is 17.4. The van der Waals surface area contributed by atoms with Crippen molar-refractivity contribution < 1.29 is 23.4 Å². The number of pyridine rings is 1. The number of nitrogens with zero attached hydrogens (tertiary/aromatic N) is 1. The van der Waals surface area contributed by atoms with Gasteiger partial charge in [-0.3, -0.25) is 0 Å². The van der Waals surface area contributed by atoms with E-state index in [0.717, 1.165) is 12.3 Å². The van der Waals surface area contributed by atoms with Crippen molar-refractivity contribution in [3.8, 4) is 0 Å². The quantitative estimate of drug-likeness (QED) is 0.682. The van der Waals surface area contributed by atoms with Gasteiger partial charge in [-0.25, -0.2) is 22.9 Å². The van der Waals surface area contributed by atoms with Crippen LogP contribution in [-0.4, -0.2) is 42.2 Å². The summed E-state index contributed by atoms with van der Waals surface area (Å²) in [5.41, 5.74) is -0.0873. The van der Waals surface area contributed by atoms with Crippen molar-refractivity contribution >= 4 is 16.0 Å². The van der Waals surface area contributed by atoms with Crippen LogP contribution in [0.4, 0.5) is 0 Å². The van der Waals surface area contributed by atoms with Crippen LogP contribution in [0.5, 0.6) is 0 Å². The van der Waals surface area contributed by atoms with E-state index in [0.29, 0.717) is 0 Å². The molecule has 0 spiro atoms. The van der Waals surface area contributed by atoms with Crippen LogP contribution >= 0.6 is 0 Å². The van der Waals surface area contributed by atoms with Crippen LogP contribution in [0.3, 0.4) is 0 Å². The zero-order valence-electron chi connectivity index (χ0n) is 10.6. The van der Waals surface area contributed by atoms with Gasteiger partial charge in [0.25, 0.3) is 10.0 Å². The Morgan fingerprint density at radius 2 is 2.05 bits per heavy atom. The first-order chi connectivity index (χ1) is 8.77. The van der Waals surface area contributed by atoms with Crippen LogP contribution < -0.4 is 4.72 Å². The Kier molecular flexibility index (Phi) is 4.98. The zero-order valence-corrected chi connectivity index (χ0v) is 11.4. The summed E-state index contributed by atoms with van der Waals surface area (Å²) in [6.45, 7) is 3.19. The number of hydrogen-bond donors (Lipinski definition) is 3. The third-order valence-electron chi connectivity index (χ3n) is 2.74. The summed E-state index contributed by atoms with van der Waals surface area (Å²) in [4.78, 5) is 14.3. The van der Waals surface area contributed by atoms with E-state index in [4.69, 9.17) is 10.2 Å². The third-order valence-corrected chi connectivity index (χ3v) is 4.22. The fraction of sp³-hybridized carbons (Fsp3) is 0.455. The predicted octanol–water partition coefficient (Wildman–Crippen LogP) is 0.0750. The number of carboxylic acids is 1. The highest BCUT2D eigenvalue weighted by atomic mass is 32.2. The van der Waals surface area contributed by atoms with Crippen molar-refractivity contribution in [1.82, 2.24) is 9.71 Å². The van der Waals surface area contributed by atoms with Gasteiger partial charge in [-0.1, -0.05) is 6.92 Å². The smallest absolute Gasteiger partial charge is 0.337 e. The lowest BCUT2D eigenvalue weighted by Crippen LogP contribution is -2.38. The van der Waals surface area contributed by atoms with Crippen molar-refractivity contribution in [3.63, 3.8) is 0 Å². The number of sulfonamides is 1. The average Bonchev–Trinajstić information content (AvgIpc) is 2.37. The number of aromatic nitrogens is 1. The van der Waals surface area contributed by atoms with Crippen LogP contribution in [0.1, 0.15) is 24.2 Å². The van der Waals surface area contributed by atoms with Gasteiger partial charge in [0, 0.05) is 18.8 Å². The normalized spacial score (nSPS) is 14.9. The number of carboxylic acid groups (broad SMARTS) is 1. The van der Waals surface area contributed by atoms with Crippen LogP contribution in [0, 0.1) is 5.92 Å². The molecule has 1 heterocycles. The molecule has 0 saturated heterocycles. The van der Waals surface area contributed by atoms with Crippen LogP contribution in [-0.2, 0) is 10.0 Å². The highest BCUT2D eigenvalue weighted by Crippen LogP contribution is 2.10. The molecular weight excluding hydrogens is 272 g/mol. The first-order valence-corrected chi connectivity index (χ1v) is 7.08. The largest absolute Gasteiger partial charge is 0.478 e. The van der Waals surface area contributed by atoms with Gasteiger partial charge < -0.3 is 10.2 Å². The zero-order chi connectivity index (χ0) is 14.6. The lowest BCUT2D eigenvalue weighted by Gasteiger charge is -2.18. The number of carbonyl (C=O) groups is 1. The molecule has 0 radical (unpaired) electrons. The maximum Gasteiger partial charge on any atom is 0.337 e. The molecule has 1 rings (SSSR count). The molecule has 0 bridgehead atoms. The molecule has 1 aromatic heterocycles. The summed E-state index contributed by atoms with van der Waals surface area (Å²) in [7, 11) is -3.82. The molecule has 3 N–H and O–H groups in total. The SMILES string of the molecule is CC(CO)C(C)NS(=O)(=O)c1ccc(C(=O)O)cn1. The molecule has 0 fully saturated rings. The standard InChI is InChI=1S/C11H16N2O5S/c1-7(6-14)8(2)13-19(17,18)10-4-3-9(5-12-10)11(15)16/h3-5,7-8,13-14H,6H2,1-2H3,(H,15,16). The minimum Gasteiger partial charge on any atom is -0.478 e. The van der Waals surface area contributed by atoms with E-state index in [1.54, 1.807) is 13.8 Å². The predicted molar refractivity (Wildman–Crippen MR) is 67.2 cm³/mol. The van der Waals surface area contributed by atoms with Crippen molar-refractivity contribution in [1.29, 1.82) is 0 Å². The fourth-order valence-electron chi connectivity index (χ4n) is 1.25. The molecule has 1 aromatic rings. The monoisotopic (exact) mass is 288 g/mol. The van der Waals surface area contributed by atoms with Gasteiger partial charge >= 0.3 is 5.97 Å². The number of rotatable bonds is 6. The molecule has 7 nitrogen and oxygen atoms in total. The van der Waals surface area contributed by atoms with E-state index in [2.05, 4.69) is 9.71 Å². The molecular formula is C11H16N2O5S. The Morgan fingerprint density at radius 3 is 2.47 bits per heavy atom. The highest BCUT2D eigenvalue weighted by Gasteiger charge is 2.22. The van der Waals surface area contributed by atoms with Crippen molar-refractivity contribution in [2.24, 2.45) is 5.92 Å². The first-order valence-electron chi connectivity index (χ1n) is 5.60. The van der Waals surface area contributed by atoms with Crippen molar-refractivity contribution in [2.45, 2.75) is 24.9 Å². The molecule has 0 aliphatic heterocycles. The second kappa shape index (κ2) is 6.09. The number of nitrogens with one attached hydrogen (secondary N) is 1. The lowest BCUT2D eigenvalue weighted by molar-refractivity contribution is 0.0696. The van der Waals surface area contributed by atoms with Gasteiger partial charge in [0.15, 0.2) is 5.03 Å². The molecule has 0 aromatic carbocycles. The van der Waals surface area contributed by atoms with E-state index in [1.165, 1.54) is 6.07 Å². The van der Waals surface area contributed by atoms with Crippen LogP contribution in [0.2, 0.25) is 0 Å². The summed E-state index contributed by atoms with van der Waals surface area (Å²) < 4.78 is 26.3. The van der Waals surface area contributed by atoms with Crippen LogP contribution in [0.15, 0.2) is 23.4 Å². The Hall–Kier alpha value is -1.51. The number of aromatic carboxylic acids is 1. The Labute approximate surface area is 111 Å². The minimum atomic E-state index is -3.82. The van der Waals surface area contributed by atoms with E-state index in [1.807, 2.05) is 0 Å². The van der Waals surface area contributed by atoms with Crippen molar-refractivity contribution in [3.05, 3.63) is 23.9 Å². The molecule has 8 heteroatoms. The molecule has 2 atom stereocenters. The number of aliphatic hydroxyl groups excluding tert-OH is 1. The highest BCUT2D eigenvalue weighted by molar-refractivity contribution is 7.89. The van der Waals surface area contributed by atoms with Gasteiger partial charge in [0.2, 0.25) is 0 Å². The lowest BCUT2D eigenvalue weighted by atomic mass is 10.1. The summed E-state index contributed by atoms with van der Waals surface area (Å²) in [6, 6.07) is 1.84. The number of aliphatic hydroxyl groups is 1. The molecule has 2 unspecified atom stereocenters. The Bertz CT molecular complexity index is 541.